The Bertz CT molecular complexity index is 341. The van der Waals surface area contributed by atoms with Gasteiger partial charge >= 0.3 is 0 Å². The molecule has 0 heterocycles. The zero-order chi connectivity index (χ0) is 13.4. The molecule has 1 rings (SSSR count). The minimum absolute atomic E-state index is 0.304. The van der Waals surface area contributed by atoms with Crippen LogP contribution in [0.1, 0.15) is 30.5 Å². The first-order valence-electron chi connectivity index (χ1n) is 6.71. The van der Waals surface area contributed by atoms with Crippen molar-refractivity contribution in [2.75, 3.05) is 33.9 Å². The van der Waals surface area contributed by atoms with Crippen LogP contribution in [0.3, 0.4) is 0 Å². The standard InChI is InChI=1S/C15H26N2O/c1-4-13-8-5-6-9-14(13)15(12-16)17(2)10-7-11-18-3/h5-6,8-9,15H,4,7,10-12,16H2,1-3H3. The second-order valence-corrected chi connectivity index (χ2v) is 4.63. The number of likely N-dealkylation sites (N-methyl/N-ethyl adjacent to an activating group) is 1. The van der Waals surface area contributed by atoms with Crippen LogP contribution in [0.25, 0.3) is 0 Å². The van der Waals surface area contributed by atoms with E-state index in [9.17, 15) is 0 Å². The van der Waals surface area contributed by atoms with Crippen LogP contribution in [0.15, 0.2) is 24.3 Å². The van der Waals surface area contributed by atoms with Crippen molar-refractivity contribution in [1.29, 1.82) is 0 Å². The smallest absolute Gasteiger partial charge is 0.0474 e. The third kappa shape index (κ3) is 4.09. The van der Waals surface area contributed by atoms with Gasteiger partial charge in [0.25, 0.3) is 0 Å². The molecule has 18 heavy (non-hydrogen) atoms. The van der Waals surface area contributed by atoms with Crippen LogP contribution in [-0.4, -0.2) is 38.8 Å². The molecule has 0 saturated carbocycles. The summed E-state index contributed by atoms with van der Waals surface area (Å²) in [5, 5.41) is 0. The fraction of sp³-hybridized carbons (Fsp3) is 0.600. The van der Waals surface area contributed by atoms with Crippen molar-refractivity contribution in [2.45, 2.75) is 25.8 Å². The molecule has 0 saturated heterocycles. The van der Waals surface area contributed by atoms with E-state index in [1.165, 1.54) is 11.1 Å². The van der Waals surface area contributed by atoms with Crippen LogP contribution in [-0.2, 0) is 11.2 Å². The lowest BCUT2D eigenvalue weighted by Crippen LogP contribution is -2.32. The maximum Gasteiger partial charge on any atom is 0.0474 e. The number of rotatable bonds is 8. The van der Waals surface area contributed by atoms with Gasteiger partial charge in [-0.15, -0.1) is 0 Å². The van der Waals surface area contributed by atoms with Crippen molar-refractivity contribution in [3.8, 4) is 0 Å². The van der Waals surface area contributed by atoms with Gasteiger partial charge in [-0.1, -0.05) is 31.2 Å². The first-order valence-corrected chi connectivity index (χ1v) is 6.71. The molecule has 0 fully saturated rings. The quantitative estimate of drug-likeness (QED) is 0.719. The number of hydrogen-bond donors (Lipinski definition) is 1. The number of benzene rings is 1. The van der Waals surface area contributed by atoms with Gasteiger partial charge in [0.05, 0.1) is 0 Å². The second-order valence-electron chi connectivity index (χ2n) is 4.63. The molecule has 3 nitrogen and oxygen atoms in total. The third-order valence-corrected chi connectivity index (χ3v) is 3.41. The maximum absolute atomic E-state index is 5.96. The van der Waals surface area contributed by atoms with Crippen molar-refractivity contribution in [1.82, 2.24) is 4.90 Å². The second kappa shape index (κ2) is 8.25. The Hall–Kier alpha value is -0.900. The topological polar surface area (TPSA) is 38.5 Å². The van der Waals surface area contributed by atoms with E-state index in [2.05, 4.69) is 43.1 Å². The average Bonchev–Trinajstić information content (AvgIpc) is 2.40. The van der Waals surface area contributed by atoms with Gasteiger partial charge in [0.2, 0.25) is 0 Å². The summed E-state index contributed by atoms with van der Waals surface area (Å²) in [5.41, 5.74) is 8.72. The number of nitrogens with two attached hydrogens (primary N) is 1. The van der Waals surface area contributed by atoms with E-state index in [1.807, 2.05) is 0 Å². The first-order chi connectivity index (χ1) is 8.74. The SMILES string of the molecule is CCc1ccccc1C(CN)N(C)CCCOC. The van der Waals surface area contributed by atoms with Gasteiger partial charge in [-0.3, -0.25) is 4.90 Å². The Morgan fingerprint density at radius 1 is 1.33 bits per heavy atom. The Morgan fingerprint density at radius 2 is 2.06 bits per heavy atom. The van der Waals surface area contributed by atoms with Crippen LogP contribution in [0.2, 0.25) is 0 Å². The Kier molecular flexibility index (Phi) is 6.94. The molecule has 1 atom stereocenters. The molecule has 3 heteroatoms. The van der Waals surface area contributed by atoms with Crippen molar-refractivity contribution in [3.05, 3.63) is 35.4 Å². The monoisotopic (exact) mass is 250 g/mol. The molecule has 0 aliphatic rings. The Labute approximate surface area is 111 Å². The number of ether oxygens (including phenoxy) is 1. The van der Waals surface area contributed by atoms with Crippen molar-refractivity contribution >= 4 is 0 Å². The lowest BCUT2D eigenvalue weighted by molar-refractivity contribution is 0.166. The van der Waals surface area contributed by atoms with E-state index in [4.69, 9.17) is 10.5 Å². The number of aryl methyl sites for hydroxylation is 1. The highest BCUT2D eigenvalue weighted by atomic mass is 16.5. The Balaban J connectivity index is 2.75. The molecule has 0 bridgehead atoms. The van der Waals surface area contributed by atoms with E-state index < -0.39 is 0 Å². The first kappa shape index (κ1) is 15.2. The predicted octanol–water partition coefficient (Wildman–Crippen LogP) is 2.22. The van der Waals surface area contributed by atoms with Gasteiger partial charge in [-0.2, -0.15) is 0 Å². The van der Waals surface area contributed by atoms with Crippen molar-refractivity contribution < 1.29 is 4.74 Å². The van der Waals surface area contributed by atoms with E-state index >= 15 is 0 Å². The minimum atomic E-state index is 0.304. The molecule has 1 unspecified atom stereocenters. The summed E-state index contributed by atoms with van der Waals surface area (Å²) in [5.74, 6) is 0. The third-order valence-electron chi connectivity index (χ3n) is 3.41. The molecule has 102 valence electrons. The highest BCUT2D eigenvalue weighted by Crippen LogP contribution is 2.22. The fourth-order valence-electron chi connectivity index (χ4n) is 2.34. The number of nitrogens with zero attached hydrogens (tertiary/aromatic N) is 1. The van der Waals surface area contributed by atoms with Crippen LogP contribution >= 0.6 is 0 Å². The molecule has 1 aromatic carbocycles. The van der Waals surface area contributed by atoms with Crippen LogP contribution in [0, 0.1) is 0 Å². The van der Waals surface area contributed by atoms with Gasteiger partial charge in [0.1, 0.15) is 0 Å². The normalized spacial score (nSPS) is 12.9. The van der Waals surface area contributed by atoms with E-state index in [1.54, 1.807) is 7.11 Å². The van der Waals surface area contributed by atoms with Gasteiger partial charge < -0.3 is 10.5 Å². The van der Waals surface area contributed by atoms with Crippen molar-refractivity contribution in [3.63, 3.8) is 0 Å². The Morgan fingerprint density at radius 3 is 2.67 bits per heavy atom. The average molecular weight is 250 g/mol. The van der Waals surface area contributed by atoms with Crippen molar-refractivity contribution in [2.24, 2.45) is 5.73 Å². The fourth-order valence-corrected chi connectivity index (χ4v) is 2.34. The largest absolute Gasteiger partial charge is 0.385 e. The summed E-state index contributed by atoms with van der Waals surface area (Å²) >= 11 is 0. The molecule has 0 aromatic heterocycles. The van der Waals surface area contributed by atoms with Gasteiger partial charge in [0, 0.05) is 32.8 Å². The molecule has 1 aromatic rings. The molecule has 0 radical (unpaired) electrons. The molecule has 0 amide bonds. The van der Waals surface area contributed by atoms with Gasteiger partial charge in [-0.05, 0) is 31.0 Å². The molecular weight excluding hydrogens is 224 g/mol. The van der Waals surface area contributed by atoms with Gasteiger partial charge in [0.15, 0.2) is 0 Å². The molecule has 0 aliphatic carbocycles. The molecule has 2 N–H and O–H groups in total. The van der Waals surface area contributed by atoms with E-state index in [-0.39, 0.29) is 0 Å². The lowest BCUT2D eigenvalue weighted by atomic mass is 9.97. The van der Waals surface area contributed by atoms with Crippen LogP contribution in [0.5, 0.6) is 0 Å². The highest BCUT2D eigenvalue weighted by molar-refractivity contribution is 5.30. The number of hydrogen-bond acceptors (Lipinski definition) is 3. The highest BCUT2D eigenvalue weighted by Gasteiger charge is 2.17. The number of methoxy groups -OCH3 is 1. The molecule has 0 aliphatic heterocycles. The minimum Gasteiger partial charge on any atom is -0.385 e. The summed E-state index contributed by atoms with van der Waals surface area (Å²) < 4.78 is 5.10. The zero-order valence-corrected chi connectivity index (χ0v) is 11.9. The molecular formula is C15H26N2O. The summed E-state index contributed by atoms with van der Waals surface area (Å²) in [6.45, 7) is 4.66. The van der Waals surface area contributed by atoms with Gasteiger partial charge in [-0.25, -0.2) is 0 Å². The van der Waals surface area contributed by atoms with E-state index in [0.717, 1.165) is 26.0 Å². The zero-order valence-electron chi connectivity index (χ0n) is 11.9. The van der Waals surface area contributed by atoms with E-state index in [0.29, 0.717) is 12.6 Å². The molecule has 0 spiro atoms. The summed E-state index contributed by atoms with van der Waals surface area (Å²) in [4.78, 5) is 2.33. The maximum atomic E-state index is 5.96. The van der Waals surface area contributed by atoms with Crippen LogP contribution in [0.4, 0.5) is 0 Å². The summed E-state index contributed by atoms with van der Waals surface area (Å²) in [7, 11) is 3.88. The predicted molar refractivity (Wildman–Crippen MR) is 76.7 cm³/mol. The van der Waals surface area contributed by atoms with Crippen LogP contribution < -0.4 is 5.73 Å². The summed E-state index contributed by atoms with van der Waals surface area (Å²) in [6, 6.07) is 8.89. The lowest BCUT2D eigenvalue weighted by Gasteiger charge is -2.29. The summed E-state index contributed by atoms with van der Waals surface area (Å²) in [6.07, 6.45) is 2.09.